The van der Waals surface area contributed by atoms with Gasteiger partial charge in [-0.05, 0) is 94.5 Å². The first-order valence-corrected chi connectivity index (χ1v) is 41.8. The number of hydrogen-bond donors (Lipinski definition) is 4. The van der Waals surface area contributed by atoms with Gasteiger partial charge in [0.15, 0.2) is 55.7 Å². The summed E-state index contributed by atoms with van der Waals surface area (Å²) in [5, 5.41) is 55.6. The quantitative estimate of drug-likeness (QED) is 0.0724. The molecule has 426 valence electrons. The number of aromatic hydroxyl groups is 4. The summed E-state index contributed by atoms with van der Waals surface area (Å²) in [5.41, 5.74) is 3.18. The zero-order valence-electron chi connectivity index (χ0n) is 48.9. The monoisotopic (exact) mass is 1310 g/mol. The number of phenols is 4. The molecule has 0 saturated heterocycles. The summed E-state index contributed by atoms with van der Waals surface area (Å²) >= 11 is -1.11. The Bertz CT molecular complexity index is 3000. The molecule has 15 heteroatoms. The Kier molecular flexibility index (Phi) is 26.9. The number of phenolic OH excluding ortho intramolecular Hbond substituents is 4. The van der Waals surface area contributed by atoms with Crippen molar-refractivity contribution in [3.05, 3.63) is 216 Å². The Morgan fingerprint density at radius 1 is 0.321 bits per heavy atom. The van der Waals surface area contributed by atoms with Crippen molar-refractivity contribution in [2.24, 2.45) is 0 Å². The third-order valence-electron chi connectivity index (χ3n) is 13.9. The molecule has 0 bridgehead atoms. The molecule has 0 spiro atoms. The number of hydrogen-bond acceptors (Lipinski definition) is 5. The van der Waals surface area contributed by atoms with E-state index in [0.717, 1.165) is 49.4 Å². The van der Waals surface area contributed by atoms with Crippen LogP contribution in [0.5, 0.6) is 23.0 Å². The van der Waals surface area contributed by atoms with Crippen molar-refractivity contribution in [2.45, 2.75) is 105 Å². The van der Waals surface area contributed by atoms with Gasteiger partial charge >= 0.3 is 71.3 Å². The molecule has 4 unspecified atom stereocenters. The van der Waals surface area contributed by atoms with E-state index in [1.165, 1.54) is 21.2 Å². The van der Waals surface area contributed by atoms with E-state index in [1.807, 2.05) is 36.4 Å². The number of rotatable bonds is 12. The number of halogens is 4. The first-order chi connectivity index (χ1) is 38.2. The molecule has 5 nitrogen and oxygen atoms in total. The maximum atomic E-state index is 11.7. The van der Waals surface area contributed by atoms with Crippen LogP contribution in [0.3, 0.4) is 0 Å². The van der Waals surface area contributed by atoms with Gasteiger partial charge in [0.1, 0.15) is 47.7 Å². The summed E-state index contributed by atoms with van der Waals surface area (Å²) in [5.74, 6) is 2.52. The first-order valence-electron chi connectivity index (χ1n) is 26.9. The van der Waals surface area contributed by atoms with Gasteiger partial charge in [-0.25, -0.2) is 0 Å². The normalized spacial score (nSPS) is 13.2. The van der Waals surface area contributed by atoms with Crippen LogP contribution < -0.4 is 42.4 Å². The molecule has 0 fully saturated rings. The van der Waals surface area contributed by atoms with Gasteiger partial charge in [-0.3, -0.25) is 0 Å². The summed E-state index contributed by atoms with van der Waals surface area (Å²) in [4.78, 5) is 0. The van der Waals surface area contributed by atoms with Gasteiger partial charge in [0.05, 0.1) is 7.05 Å². The molecule has 0 aromatic heterocycles. The molecule has 8 aromatic rings. The Balaban J connectivity index is 0.000000271. The van der Waals surface area contributed by atoms with Crippen molar-refractivity contribution in [3.8, 4) is 23.0 Å². The fraction of sp³-hybridized carbons (Fsp3) is 0.273. The van der Waals surface area contributed by atoms with Crippen LogP contribution in [0.25, 0.3) is 0 Å². The maximum absolute atomic E-state index is 11.7. The van der Waals surface area contributed by atoms with Gasteiger partial charge in [0, 0.05) is 22.3 Å². The van der Waals surface area contributed by atoms with Crippen molar-refractivity contribution in [1.29, 1.82) is 0 Å². The average Bonchev–Trinajstić information content (AvgIpc) is 3.46. The van der Waals surface area contributed by atoms with E-state index in [4.69, 9.17) is 37.2 Å². The van der Waals surface area contributed by atoms with Crippen molar-refractivity contribution < 1.29 is 54.5 Å². The molecule has 0 amide bonds. The van der Waals surface area contributed by atoms with Crippen LogP contribution in [0.1, 0.15) is 105 Å². The van der Waals surface area contributed by atoms with Crippen LogP contribution >= 0.6 is 69.2 Å². The summed E-state index contributed by atoms with van der Waals surface area (Å²) in [6, 6.07) is 67.2. The van der Waals surface area contributed by atoms with Crippen LogP contribution in [-0.2, 0) is 55.7 Å². The fourth-order valence-electron chi connectivity index (χ4n) is 9.99. The molecule has 8 aromatic carbocycles. The summed E-state index contributed by atoms with van der Waals surface area (Å²) in [6.45, 7) is 25.7. The fourth-order valence-corrected chi connectivity index (χ4v) is 24.6. The summed E-state index contributed by atoms with van der Waals surface area (Å²) in [7, 11) is 15.7. The van der Waals surface area contributed by atoms with E-state index < -0.39 is 66.1 Å². The van der Waals surface area contributed by atoms with Crippen molar-refractivity contribution >= 4 is 112 Å². The van der Waals surface area contributed by atoms with E-state index >= 15 is 0 Å². The second-order valence-electron chi connectivity index (χ2n) is 23.8. The molecule has 4 N–H and O–H groups in total. The van der Waals surface area contributed by atoms with Gasteiger partial charge in [-0.1, -0.05) is 209 Å². The van der Waals surface area contributed by atoms with Crippen LogP contribution in [0.15, 0.2) is 194 Å². The Morgan fingerprint density at radius 3 is 0.765 bits per heavy atom. The minimum absolute atomic E-state index is 0.156. The van der Waals surface area contributed by atoms with Gasteiger partial charge in [-0.15, -0.1) is 0 Å². The van der Waals surface area contributed by atoms with Gasteiger partial charge in [0.25, 0.3) is 0 Å². The van der Waals surface area contributed by atoms with E-state index in [9.17, 15) is 20.4 Å². The van der Waals surface area contributed by atoms with E-state index in [2.05, 4.69) is 252 Å². The van der Waals surface area contributed by atoms with Crippen LogP contribution in [0, 0.1) is 0 Å². The second-order valence-corrected chi connectivity index (χ2v) is 39.9. The molecule has 0 aliphatic heterocycles. The molecule has 0 radical (unpaired) electrons. The molecule has 8 rings (SSSR count). The van der Waals surface area contributed by atoms with Crippen LogP contribution in [0.4, 0.5) is 0 Å². The predicted molar refractivity (Wildman–Crippen MR) is 359 cm³/mol. The zero-order chi connectivity index (χ0) is 59.9. The van der Waals surface area contributed by atoms with E-state index in [1.54, 1.807) is 0 Å². The van der Waals surface area contributed by atoms with Gasteiger partial charge in [-0.2, -0.15) is 0 Å². The molecule has 0 aliphatic carbocycles. The van der Waals surface area contributed by atoms with E-state index in [0.29, 0.717) is 23.0 Å². The third-order valence-corrected chi connectivity index (χ3v) is 27.2. The number of benzene rings is 8. The Labute approximate surface area is 522 Å². The zero-order valence-corrected chi connectivity index (χ0v) is 59.1. The van der Waals surface area contributed by atoms with Gasteiger partial charge < -0.3 is 20.4 Å². The van der Waals surface area contributed by atoms with Crippen molar-refractivity contribution in [1.82, 2.24) is 4.44 Å². The first kappa shape index (κ1) is 69.0. The van der Waals surface area contributed by atoms with Crippen molar-refractivity contribution in [2.75, 3.05) is 13.0 Å². The average molecular weight is 1310 g/mol. The number of nitrogens with zero attached hydrogens (tertiary/aromatic N) is 1. The second kappa shape index (κ2) is 31.6. The topological polar surface area (TPSA) is 84.2 Å². The molecule has 0 saturated carbocycles. The standard InChI is InChI=1S/C33H39NO2P2.C33H38O2P2.4ClH.2Ti/c1-32(2,3)26-20-14-22-28(30(26)35)37(24-16-10-8-11-17-24)34(7)38(25-18-12-9-13-19-25)29-23-15-21-27(31(29)36)33(4,5)6;1-32(2,3)26-19-13-21-28(30(26)34)36(24-15-9-7-10-16-24)23-37(25-17-11-8-12-18-25)29-22-14-20-27(31(29)35)33(4,5)6;;;;;;/h8-23,35-36H,1-7H3;7-22,34-35H,23H2,1-6H3;4*1H;;/q;;;;;;2*+2. The molecular formula is C66H81Cl4NO4P4Ti2+4. The van der Waals surface area contributed by atoms with Crippen LogP contribution in [0.2, 0.25) is 0 Å². The Hall–Kier alpha value is -2.77. The minimum atomic E-state index is -1.63. The number of para-hydroxylation sites is 4. The Morgan fingerprint density at radius 2 is 0.531 bits per heavy atom. The third kappa shape index (κ3) is 18.6. The molecule has 0 aliphatic rings. The molecule has 4 atom stereocenters. The summed E-state index contributed by atoms with van der Waals surface area (Å²) < 4.78 is 2.48. The van der Waals surface area contributed by atoms with E-state index in [-0.39, 0.29) is 21.7 Å². The molecule has 81 heavy (non-hydrogen) atoms. The SMILES string of the molecule is CC(C)(C)c1cccc([PH+](C[PH+](c2ccccc2)c2cccc(C(C)(C)C)c2O)c2ccccc2)c1O.CN([PH+](c1ccccc1)c1cccc(C(C)(C)C)c1O)[PH+](c1ccccc1)c1cccc(C(C)(C)C)c1O.[Cl][Ti][Cl].[Cl][Ti][Cl]. The van der Waals surface area contributed by atoms with Crippen LogP contribution in [-0.4, -0.2) is 37.8 Å². The molecule has 0 heterocycles. The van der Waals surface area contributed by atoms with Crippen molar-refractivity contribution in [3.63, 3.8) is 0 Å². The molecular weight excluding hydrogens is 1230 g/mol. The summed E-state index contributed by atoms with van der Waals surface area (Å²) in [6.07, 6.45) is 0. The van der Waals surface area contributed by atoms with Gasteiger partial charge in [0.2, 0.25) is 0 Å². The predicted octanol–water partition coefficient (Wildman–Crippen LogP) is 15.9.